The fraction of sp³-hybridized carbons (Fsp3) is 0.588. The van der Waals surface area contributed by atoms with Gasteiger partial charge >= 0.3 is 0 Å². The third-order valence-corrected chi connectivity index (χ3v) is 4.40. The highest BCUT2D eigenvalue weighted by Crippen LogP contribution is 2.37. The van der Waals surface area contributed by atoms with Crippen molar-refractivity contribution in [3.05, 3.63) is 29.8 Å². The molecule has 0 unspecified atom stereocenters. The van der Waals surface area contributed by atoms with Crippen molar-refractivity contribution in [2.45, 2.75) is 44.6 Å². The maximum Gasteiger partial charge on any atom is 0.119 e. The number of ether oxygens (including phenoxy) is 1. The normalized spacial score (nSPS) is 19.4. The number of piperidine rings is 1. The number of hydrogen-bond donors (Lipinski definition) is 0. The first-order valence-corrected chi connectivity index (χ1v) is 7.22. The zero-order chi connectivity index (χ0) is 14.8. The highest BCUT2D eigenvalue weighted by Gasteiger charge is 2.39. The summed E-state index contributed by atoms with van der Waals surface area (Å²) in [5.74, 6) is 0.829. The number of rotatable bonds is 2. The summed E-state index contributed by atoms with van der Waals surface area (Å²) in [6.07, 6.45) is 1.77. The van der Waals surface area contributed by atoms with E-state index in [4.69, 9.17) is 4.74 Å². The summed E-state index contributed by atoms with van der Waals surface area (Å²) >= 11 is 0. The van der Waals surface area contributed by atoms with Gasteiger partial charge in [-0.2, -0.15) is 5.26 Å². The average Bonchev–Trinajstić information content (AvgIpc) is 2.46. The van der Waals surface area contributed by atoms with Crippen LogP contribution in [0.1, 0.15) is 39.2 Å². The third kappa shape index (κ3) is 2.81. The molecule has 1 aliphatic heterocycles. The predicted octanol–water partition coefficient (Wildman–Crippen LogP) is 3.35. The van der Waals surface area contributed by atoms with Gasteiger partial charge in [-0.3, -0.25) is 4.90 Å². The van der Waals surface area contributed by atoms with Crippen LogP contribution in [0.15, 0.2) is 24.3 Å². The molecule has 0 aromatic heterocycles. The molecule has 0 spiro atoms. The number of methoxy groups -OCH3 is 1. The summed E-state index contributed by atoms with van der Waals surface area (Å²) < 4.78 is 5.29. The van der Waals surface area contributed by atoms with Crippen LogP contribution in [0.3, 0.4) is 0 Å². The van der Waals surface area contributed by atoms with Crippen molar-refractivity contribution in [3.63, 3.8) is 0 Å². The van der Waals surface area contributed by atoms with Crippen LogP contribution in [0.25, 0.3) is 0 Å². The first kappa shape index (κ1) is 14.9. The smallest absolute Gasteiger partial charge is 0.119 e. The predicted molar refractivity (Wildman–Crippen MR) is 80.8 cm³/mol. The van der Waals surface area contributed by atoms with E-state index in [-0.39, 0.29) is 11.0 Å². The Morgan fingerprint density at radius 3 is 2.40 bits per heavy atom. The lowest BCUT2D eigenvalue weighted by atomic mass is 9.73. The van der Waals surface area contributed by atoms with Gasteiger partial charge in [-0.15, -0.1) is 0 Å². The molecule has 1 aliphatic rings. The second-order valence-corrected chi connectivity index (χ2v) is 6.58. The fourth-order valence-corrected chi connectivity index (χ4v) is 2.95. The van der Waals surface area contributed by atoms with E-state index < -0.39 is 0 Å². The van der Waals surface area contributed by atoms with Gasteiger partial charge in [0, 0.05) is 18.6 Å². The summed E-state index contributed by atoms with van der Waals surface area (Å²) in [7, 11) is 1.67. The van der Waals surface area contributed by atoms with E-state index in [1.54, 1.807) is 7.11 Å². The lowest BCUT2D eigenvalue weighted by molar-refractivity contribution is 0.0884. The van der Waals surface area contributed by atoms with Gasteiger partial charge in [-0.1, -0.05) is 12.1 Å². The van der Waals surface area contributed by atoms with Gasteiger partial charge in [-0.05, 0) is 51.3 Å². The van der Waals surface area contributed by atoms with E-state index in [0.29, 0.717) is 0 Å². The summed E-state index contributed by atoms with van der Waals surface area (Å²) in [6, 6.07) is 10.5. The van der Waals surface area contributed by atoms with Crippen LogP contribution in [0, 0.1) is 11.3 Å². The van der Waals surface area contributed by atoms with E-state index in [1.165, 1.54) is 0 Å². The molecule has 0 aliphatic carbocycles. The van der Waals surface area contributed by atoms with Gasteiger partial charge in [0.2, 0.25) is 0 Å². The fourth-order valence-electron chi connectivity index (χ4n) is 2.95. The minimum atomic E-state index is -0.365. The van der Waals surface area contributed by atoms with Crippen LogP contribution in [-0.4, -0.2) is 30.6 Å². The molecule has 0 N–H and O–H groups in total. The van der Waals surface area contributed by atoms with Gasteiger partial charge in [0.15, 0.2) is 0 Å². The zero-order valence-corrected chi connectivity index (χ0v) is 12.9. The standard InChI is InChI=1S/C17H24N2O/c1-16(2,3)19-10-8-17(13-18,9-11-19)14-6-5-7-15(12-14)20-4/h5-7,12H,8-11H2,1-4H3. The molecule has 1 saturated heterocycles. The number of benzene rings is 1. The molecule has 0 atom stereocenters. The summed E-state index contributed by atoms with van der Waals surface area (Å²) in [6.45, 7) is 8.64. The average molecular weight is 272 g/mol. The molecule has 108 valence electrons. The van der Waals surface area contributed by atoms with Crippen LogP contribution in [0.4, 0.5) is 0 Å². The summed E-state index contributed by atoms with van der Waals surface area (Å²) in [4.78, 5) is 2.46. The summed E-state index contributed by atoms with van der Waals surface area (Å²) in [5.41, 5.74) is 0.902. The number of nitriles is 1. The number of likely N-dealkylation sites (tertiary alicyclic amines) is 1. The monoisotopic (exact) mass is 272 g/mol. The molecule has 0 amide bonds. The van der Waals surface area contributed by atoms with Gasteiger partial charge in [-0.25, -0.2) is 0 Å². The van der Waals surface area contributed by atoms with Gasteiger partial charge in [0.05, 0.1) is 18.6 Å². The van der Waals surface area contributed by atoms with E-state index in [2.05, 4.69) is 37.8 Å². The van der Waals surface area contributed by atoms with Gasteiger partial charge in [0.1, 0.15) is 5.75 Å². The Bertz CT molecular complexity index is 502. The molecule has 2 rings (SSSR count). The molecule has 1 heterocycles. The van der Waals surface area contributed by atoms with Gasteiger partial charge in [0.25, 0.3) is 0 Å². The van der Waals surface area contributed by atoms with E-state index >= 15 is 0 Å². The molecule has 0 bridgehead atoms. The highest BCUT2D eigenvalue weighted by atomic mass is 16.5. The second kappa shape index (κ2) is 5.46. The Labute approximate surface area is 122 Å². The van der Waals surface area contributed by atoms with Crippen LogP contribution < -0.4 is 4.74 Å². The first-order chi connectivity index (χ1) is 9.41. The van der Waals surface area contributed by atoms with Crippen molar-refractivity contribution >= 4 is 0 Å². The number of hydrogen-bond acceptors (Lipinski definition) is 3. The molecule has 1 aromatic carbocycles. The molecule has 0 radical (unpaired) electrons. The quantitative estimate of drug-likeness (QED) is 0.828. The highest BCUT2D eigenvalue weighted by molar-refractivity contribution is 5.38. The molecule has 1 fully saturated rings. The molecular formula is C17H24N2O. The molecule has 3 nitrogen and oxygen atoms in total. The van der Waals surface area contributed by atoms with E-state index in [9.17, 15) is 5.26 Å². The molecule has 1 aromatic rings. The Morgan fingerprint density at radius 2 is 1.90 bits per heavy atom. The van der Waals surface area contributed by atoms with Crippen LogP contribution in [0.5, 0.6) is 5.75 Å². The summed E-state index contributed by atoms with van der Waals surface area (Å²) in [5, 5.41) is 9.74. The van der Waals surface area contributed by atoms with Crippen molar-refractivity contribution in [3.8, 4) is 11.8 Å². The molecule has 3 heteroatoms. The Morgan fingerprint density at radius 1 is 1.25 bits per heavy atom. The van der Waals surface area contributed by atoms with Crippen LogP contribution >= 0.6 is 0 Å². The lowest BCUT2D eigenvalue weighted by Crippen LogP contribution is -2.50. The molecular weight excluding hydrogens is 248 g/mol. The van der Waals surface area contributed by atoms with Gasteiger partial charge < -0.3 is 4.74 Å². The Balaban J connectivity index is 2.23. The first-order valence-electron chi connectivity index (χ1n) is 7.22. The van der Waals surface area contributed by atoms with Crippen molar-refractivity contribution in [1.82, 2.24) is 4.90 Å². The lowest BCUT2D eigenvalue weighted by Gasteiger charge is -2.44. The largest absolute Gasteiger partial charge is 0.497 e. The molecule has 20 heavy (non-hydrogen) atoms. The maximum absolute atomic E-state index is 9.74. The third-order valence-electron chi connectivity index (χ3n) is 4.40. The minimum Gasteiger partial charge on any atom is -0.497 e. The Kier molecular flexibility index (Phi) is 4.06. The van der Waals surface area contributed by atoms with Crippen LogP contribution in [0.2, 0.25) is 0 Å². The van der Waals surface area contributed by atoms with Crippen LogP contribution in [-0.2, 0) is 5.41 Å². The zero-order valence-electron chi connectivity index (χ0n) is 12.9. The van der Waals surface area contributed by atoms with Crippen molar-refractivity contribution in [2.24, 2.45) is 0 Å². The van der Waals surface area contributed by atoms with Crippen molar-refractivity contribution in [1.29, 1.82) is 5.26 Å². The SMILES string of the molecule is COc1cccc(C2(C#N)CCN(C(C)(C)C)CC2)c1. The number of nitrogens with zero attached hydrogens (tertiary/aromatic N) is 2. The Hall–Kier alpha value is -1.53. The van der Waals surface area contributed by atoms with Crippen molar-refractivity contribution < 1.29 is 4.74 Å². The minimum absolute atomic E-state index is 0.177. The molecule has 0 saturated carbocycles. The second-order valence-electron chi connectivity index (χ2n) is 6.58. The van der Waals surface area contributed by atoms with E-state index in [0.717, 1.165) is 37.2 Å². The maximum atomic E-state index is 9.74. The topological polar surface area (TPSA) is 36.3 Å². The van der Waals surface area contributed by atoms with E-state index in [1.807, 2.05) is 18.2 Å². The van der Waals surface area contributed by atoms with Crippen molar-refractivity contribution in [2.75, 3.05) is 20.2 Å².